The van der Waals surface area contributed by atoms with Gasteiger partial charge >= 0.3 is 0 Å². The van der Waals surface area contributed by atoms with Crippen molar-refractivity contribution in [3.05, 3.63) is 23.9 Å². The van der Waals surface area contributed by atoms with Crippen LogP contribution < -0.4 is 5.32 Å². The number of hydrogen-bond donors (Lipinski definition) is 1. The van der Waals surface area contributed by atoms with Gasteiger partial charge in [-0.15, -0.1) is 0 Å². The lowest BCUT2D eigenvalue weighted by Crippen LogP contribution is -2.57. The normalized spacial score (nSPS) is 25.2. The maximum atomic E-state index is 5.41. The highest BCUT2D eigenvalue weighted by molar-refractivity contribution is 5.93. The Balaban J connectivity index is 1.42. The van der Waals surface area contributed by atoms with Crippen molar-refractivity contribution in [2.75, 3.05) is 25.5 Å². The summed E-state index contributed by atoms with van der Waals surface area (Å²) < 4.78 is 7.38. The van der Waals surface area contributed by atoms with E-state index in [1.54, 1.807) is 0 Å². The molecule has 1 saturated heterocycles. The van der Waals surface area contributed by atoms with E-state index < -0.39 is 0 Å². The standard InChI is InChI=1S/C20H30N4O/c1-4-14-5-10-19-18(11-21-23(19)2)20(14)22-15-6-8-16(9-7-15)24-12-17(13-24)25-3/h5,10-11,15-17,22H,4,6-9,12-13H2,1-3H3. The number of hydrogen-bond acceptors (Lipinski definition) is 4. The summed E-state index contributed by atoms with van der Waals surface area (Å²) in [6, 6.07) is 5.78. The molecule has 136 valence electrons. The molecular weight excluding hydrogens is 312 g/mol. The molecule has 2 aliphatic rings. The van der Waals surface area contributed by atoms with E-state index in [0.717, 1.165) is 25.6 Å². The topological polar surface area (TPSA) is 42.3 Å². The van der Waals surface area contributed by atoms with Gasteiger partial charge < -0.3 is 10.1 Å². The quantitative estimate of drug-likeness (QED) is 0.906. The molecule has 0 bridgehead atoms. The van der Waals surface area contributed by atoms with E-state index in [-0.39, 0.29) is 0 Å². The average Bonchev–Trinajstić information content (AvgIpc) is 2.97. The fraction of sp³-hybridized carbons (Fsp3) is 0.650. The first-order valence-electron chi connectivity index (χ1n) is 9.66. The van der Waals surface area contributed by atoms with Crippen LogP contribution in [-0.4, -0.2) is 53.1 Å². The summed E-state index contributed by atoms with van der Waals surface area (Å²) in [5, 5.41) is 9.59. The minimum atomic E-state index is 0.464. The van der Waals surface area contributed by atoms with Crippen LogP contribution in [0.25, 0.3) is 10.9 Å². The molecular formula is C20H30N4O. The maximum absolute atomic E-state index is 5.41. The van der Waals surface area contributed by atoms with Gasteiger partial charge in [-0.2, -0.15) is 5.10 Å². The van der Waals surface area contributed by atoms with Gasteiger partial charge in [-0.1, -0.05) is 13.0 Å². The van der Waals surface area contributed by atoms with Crippen molar-refractivity contribution in [3.63, 3.8) is 0 Å². The number of benzene rings is 1. The number of nitrogens with zero attached hydrogens (tertiary/aromatic N) is 3. The number of fused-ring (bicyclic) bond motifs is 1. The summed E-state index contributed by atoms with van der Waals surface area (Å²) in [5.74, 6) is 0. The van der Waals surface area contributed by atoms with Gasteiger partial charge in [-0.05, 0) is 43.7 Å². The molecule has 25 heavy (non-hydrogen) atoms. The Bertz CT molecular complexity index is 727. The van der Waals surface area contributed by atoms with Crippen molar-refractivity contribution in [1.82, 2.24) is 14.7 Å². The van der Waals surface area contributed by atoms with E-state index in [2.05, 4.69) is 34.4 Å². The number of ether oxygens (including phenoxy) is 1. The molecule has 0 amide bonds. The molecule has 1 aliphatic carbocycles. The fourth-order valence-corrected chi connectivity index (χ4v) is 4.44. The number of nitrogens with one attached hydrogen (secondary N) is 1. The zero-order chi connectivity index (χ0) is 17.4. The van der Waals surface area contributed by atoms with Crippen LogP contribution in [0.4, 0.5) is 5.69 Å². The highest BCUT2D eigenvalue weighted by Gasteiger charge is 2.34. The number of methoxy groups -OCH3 is 1. The van der Waals surface area contributed by atoms with E-state index in [1.165, 1.54) is 47.8 Å². The summed E-state index contributed by atoms with van der Waals surface area (Å²) in [5.41, 5.74) is 3.91. The summed E-state index contributed by atoms with van der Waals surface area (Å²) in [4.78, 5) is 2.60. The first-order valence-corrected chi connectivity index (χ1v) is 9.66. The molecule has 1 aliphatic heterocycles. The lowest BCUT2D eigenvalue weighted by Gasteiger charge is -2.46. The van der Waals surface area contributed by atoms with Gasteiger partial charge in [-0.25, -0.2) is 0 Å². The third-order valence-corrected chi connectivity index (χ3v) is 6.17. The Labute approximate surface area is 150 Å². The van der Waals surface area contributed by atoms with Gasteiger partial charge in [0.1, 0.15) is 0 Å². The van der Waals surface area contributed by atoms with Gasteiger partial charge in [0.05, 0.1) is 17.8 Å². The number of aryl methyl sites for hydroxylation is 2. The van der Waals surface area contributed by atoms with Crippen molar-refractivity contribution in [3.8, 4) is 0 Å². The minimum Gasteiger partial charge on any atom is -0.381 e. The van der Waals surface area contributed by atoms with E-state index in [0.29, 0.717) is 12.1 Å². The summed E-state index contributed by atoms with van der Waals surface area (Å²) in [7, 11) is 3.84. The van der Waals surface area contributed by atoms with Crippen molar-refractivity contribution in [2.24, 2.45) is 7.05 Å². The van der Waals surface area contributed by atoms with Crippen molar-refractivity contribution < 1.29 is 4.74 Å². The molecule has 2 aromatic rings. The molecule has 0 radical (unpaired) electrons. The van der Waals surface area contributed by atoms with Crippen LogP contribution in [0.1, 0.15) is 38.2 Å². The number of rotatable bonds is 5. The summed E-state index contributed by atoms with van der Waals surface area (Å²) in [6.07, 6.45) is 8.60. The second kappa shape index (κ2) is 6.96. The highest BCUT2D eigenvalue weighted by atomic mass is 16.5. The number of anilines is 1. The van der Waals surface area contributed by atoms with Crippen LogP contribution in [-0.2, 0) is 18.2 Å². The van der Waals surface area contributed by atoms with Crippen LogP contribution in [0.2, 0.25) is 0 Å². The van der Waals surface area contributed by atoms with Gasteiger partial charge in [0.25, 0.3) is 0 Å². The number of aromatic nitrogens is 2. The molecule has 1 aromatic heterocycles. The Morgan fingerprint density at radius 1 is 1.20 bits per heavy atom. The van der Waals surface area contributed by atoms with E-state index in [9.17, 15) is 0 Å². The second-order valence-corrected chi connectivity index (χ2v) is 7.62. The molecule has 1 aromatic carbocycles. The fourth-order valence-electron chi connectivity index (χ4n) is 4.44. The van der Waals surface area contributed by atoms with Crippen molar-refractivity contribution >= 4 is 16.6 Å². The van der Waals surface area contributed by atoms with Crippen molar-refractivity contribution in [2.45, 2.75) is 57.2 Å². The third-order valence-electron chi connectivity index (χ3n) is 6.17. The molecule has 1 saturated carbocycles. The molecule has 4 rings (SSSR count). The SMILES string of the molecule is CCc1ccc2c(cnn2C)c1NC1CCC(N2CC(OC)C2)CC1. The molecule has 1 N–H and O–H groups in total. The van der Waals surface area contributed by atoms with Crippen LogP contribution >= 0.6 is 0 Å². The highest BCUT2D eigenvalue weighted by Crippen LogP contribution is 2.33. The minimum absolute atomic E-state index is 0.464. The van der Waals surface area contributed by atoms with E-state index >= 15 is 0 Å². The molecule has 2 fully saturated rings. The second-order valence-electron chi connectivity index (χ2n) is 7.62. The first-order chi connectivity index (χ1) is 12.2. The Hall–Kier alpha value is -1.59. The Morgan fingerprint density at radius 2 is 1.96 bits per heavy atom. The van der Waals surface area contributed by atoms with Crippen LogP contribution in [0.15, 0.2) is 18.3 Å². The molecule has 5 nitrogen and oxygen atoms in total. The zero-order valence-corrected chi connectivity index (χ0v) is 15.7. The average molecular weight is 342 g/mol. The van der Waals surface area contributed by atoms with Crippen LogP contribution in [0.3, 0.4) is 0 Å². The molecule has 2 heterocycles. The predicted molar refractivity (Wildman–Crippen MR) is 102 cm³/mol. The number of likely N-dealkylation sites (tertiary alicyclic amines) is 1. The smallest absolute Gasteiger partial charge is 0.0825 e. The molecule has 5 heteroatoms. The zero-order valence-electron chi connectivity index (χ0n) is 15.7. The van der Waals surface area contributed by atoms with E-state index in [4.69, 9.17) is 4.74 Å². The third kappa shape index (κ3) is 3.15. The lowest BCUT2D eigenvalue weighted by atomic mass is 9.88. The summed E-state index contributed by atoms with van der Waals surface area (Å²) in [6.45, 7) is 4.47. The van der Waals surface area contributed by atoms with Crippen molar-refractivity contribution in [1.29, 1.82) is 0 Å². The first kappa shape index (κ1) is 16.9. The molecule has 0 atom stereocenters. The Morgan fingerprint density at radius 3 is 2.64 bits per heavy atom. The Kier molecular flexibility index (Phi) is 4.69. The monoisotopic (exact) mass is 342 g/mol. The summed E-state index contributed by atoms with van der Waals surface area (Å²) >= 11 is 0. The molecule has 0 spiro atoms. The molecule has 0 unspecified atom stereocenters. The lowest BCUT2D eigenvalue weighted by molar-refractivity contribution is -0.0574. The maximum Gasteiger partial charge on any atom is 0.0825 e. The van der Waals surface area contributed by atoms with Gasteiger partial charge in [0.2, 0.25) is 0 Å². The van der Waals surface area contributed by atoms with Gasteiger partial charge in [-0.3, -0.25) is 9.58 Å². The van der Waals surface area contributed by atoms with Gasteiger partial charge in [0, 0.05) is 50.4 Å². The van der Waals surface area contributed by atoms with Gasteiger partial charge in [0.15, 0.2) is 0 Å². The predicted octanol–water partition coefficient (Wildman–Crippen LogP) is 3.19. The van der Waals surface area contributed by atoms with Crippen LogP contribution in [0, 0.1) is 0 Å². The van der Waals surface area contributed by atoms with E-state index in [1.807, 2.05) is 25.0 Å². The largest absolute Gasteiger partial charge is 0.381 e. The van der Waals surface area contributed by atoms with Crippen LogP contribution in [0.5, 0.6) is 0 Å².